The standard InChI is InChI=1S/C18H15NO2/c1-13-7-8-17(16(10-13)11-20)21-12-15-5-2-4-14-6-3-9-19-18(14)15/h2-11H,12H2,1H3. The number of fused-ring (bicyclic) bond motifs is 1. The molecule has 21 heavy (non-hydrogen) atoms. The molecule has 0 saturated carbocycles. The fourth-order valence-electron chi connectivity index (χ4n) is 2.33. The van der Waals surface area contributed by atoms with E-state index in [4.69, 9.17) is 4.74 Å². The predicted octanol–water partition coefficient (Wildman–Crippen LogP) is 3.93. The normalized spacial score (nSPS) is 10.5. The molecule has 0 aliphatic rings. The zero-order chi connectivity index (χ0) is 14.7. The van der Waals surface area contributed by atoms with Crippen molar-refractivity contribution in [2.45, 2.75) is 13.5 Å². The topological polar surface area (TPSA) is 39.2 Å². The smallest absolute Gasteiger partial charge is 0.153 e. The van der Waals surface area contributed by atoms with Crippen molar-refractivity contribution in [3.8, 4) is 5.75 Å². The number of hydrogen-bond acceptors (Lipinski definition) is 3. The van der Waals surface area contributed by atoms with Crippen molar-refractivity contribution in [2.24, 2.45) is 0 Å². The third-order valence-electron chi connectivity index (χ3n) is 3.39. The van der Waals surface area contributed by atoms with E-state index in [0.717, 1.165) is 28.3 Å². The molecule has 0 saturated heterocycles. The Balaban J connectivity index is 1.89. The van der Waals surface area contributed by atoms with Gasteiger partial charge in [-0.3, -0.25) is 9.78 Å². The van der Waals surface area contributed by atoms with Gasteiger partial charge >= 0.3 is 0 Å². The monoisotopic (exact) mass is 277 g/mol. The molecule has 0 bridgehead atoms. The SMILES string of the molecule is Cc1ccc(OCc2cccc3cccnc23)c(C=O)c1. The van der Waals surface area contributed by atoms with Crippen LogP contribution in [-0.2, 0) is 6.61 Å². The third-order valence-corrected chi connectivity index (χ3v) is 3.39. The predicted molar refractivity (Wildman–Crippen MR) is 82.6 cm³/mol. The third kappa shape index (κ3) is 2.77. The lowest BCUT2D eigenvalue weighted by atomic mass is 10.1. The van der Waals surface area contributed by atoms with E-state index >= 15 is 0 Å². The molecule has 104 valence electrons. The van der Waals surface area contributed by atoms with Crippen molar-refractivity contribution in [3.63, 3.8) is 0 Å². The minimum atomic E-state index is 0.387. The Morgan fingerprint density at radius 3 is 2.86 bits per heavy atom. The van der Waals surface area contributed by atoms with Gasteiger partial charge in [0.05, 0.1) is 11.1 Å². The first kappa shape index (κ1) is 13.3. The van der Waals surface area contributed by atoms with Crippen LogP contribution in [0.1, 0.15) is 21.5 Å². The van der Waals surface area contributed by atoms with Crippen molar-refractivity contribution in [1.82, 2.24) is 4.98 Å². The molecule has 3 aromatic rings. The van der Waals surface area contributed by atoms with Gasteiger partial charge in [-0.2, -0.15) is 0 Å². The Kier molecular flexibility index (Phi) is 3.65. The molecule has 0 radical (unpaired) electrons. The quantitative estimate of drug-likeness (QED) is 0.678. The van der Waals surface area contributed by atoms with E-state index in [1.807, 2.05) is 55.5 Å². The number of ether oxygens (including phenoxy) is 1. The second-order valence-electron chi connectivity index (χ2n) is 4.94. The second kappa shape index (κ2) is 5.75. The molecular weight excluding hydrogens is 262 g/mol. The molecular formula is C18H15NO2. The molecule has 3 rings (SSSR count). The molecule has 2 aromatic carbocycles. The van der Waals surface area contributed by atoms with E-state index in [0.29, 0.717) is 17.9 Å². The first-order valence-corrected chi connectivity index (χ1v) is 6.79. The Morgan fingerprint density at radius 2 is 2.00 bits per heavy atom. The Morgan fingerprint density at radius 1 is 1.14 bits per heavy atom. The van der Waals surface area contributed by atoms with E-state index < -0.39 is 0 Å². The molecule has 0 N–H and O–H groups in total. The van der Waals surface area contributed by atoms with Crippen molar-refractivity contribution < 1.29 is 9.53 Å². The van der Waals surface area contributed by atoms with Gasteiger partial charge < -0.3 is 4.74 Å². The molecule has 0 unspecified atom stereocenters. The summed E-state index contributed by atoms with van der Waals surface area (Å²) in [5.41, 5.74) is 3.55. The van der Waals surface area contributed by atoms with Crippen LogP contribution < -0.4 is 4.74 Å². The molecule has 0 aliphatic heterocycles. The first-order valence-electron chi connectivity index (χ1n) is 6.79. The summed E-state index contributed by atoms with van der Waals surface area (Å²) in [7, 11) is 0. The van der Waals surface area contributed by atoms with Gasteiger partial charge in [0.15, 0.2) is 6.29 Å². The van der Waals surface area contributed by atoms with E-state index in [1.54, 1.807) is 6.20 Å². The number of benzene rings is 2. The van der Waals surface area contributed by atoms with Crippen LogP contribution in [0.5, 0.6) is 5.75 Å². The van der Waals surface area contributed by atoms with Crippen LogP contribution in [0.15, 0.2) is 54.7 Å². The first-order chi connectivity index (χ1) is 10.3. The molecule has 1 heterocycles. The summed E-state index contributed by atoms with van der Waals surface area (Å²) >= 11 is 0. The number of rotatable bonds is 4. The largest absolute Gasteiger partial charge is 0.488 e. The fourth-order valence-corrected chi connectivity index (χ4v) is 2.33. The number of nitrogens with zero attached hydrogens (tertiary/aromatic N) is 1. The van der Waals surface area contributed by atoms with Crippen LogP contribution in [0.2, 0.25) is 0 Å². The number of aryl methyl sites for hydroxylation is 1. The van der Waals surface area contributed by atoms with Gasteiger partial charge in [-0.05, 0) is 25.1 Å². The minimum Gasteiger partial charge on any atom is -0.488 e. The zero-order valence-electron chi connectivity index (χ0n) is 11.7. The molecule has 0 spiro atoms. The van der Waals surface area contributed by atoms with Gasteiger partial charge in [-0.1, -0.05) is 35.9 Å². The number of carbonyl (C=O) groups is 1. The molecule has 0 aliphatic carbocycles. The summed E-state index contributed by atoms with van der Waals surface area (Å²) in [6.45, 7) is 2.34. The maximum Gasteiger partial charge on any atom is 0.153 e. The fraction of sp³-hybridized carbons (Fsp3) is 0.111. The molecule has 0 fully saturated rings. The maximum absolute atomic E-state index is 11.1. The Hall–Kier alpha value is -2.68. The van der Waals surface area contributed by atoms with Crippen molar-refractivity contribution in [2.75, 3.05) is 0 Å². The van der Waals surface area contributed by atoms with Gasteiger partial charge in [-0.15, -0.1) is 0 Å². The number of hydrogen-bond donors (Lipinski definition) is 0. The average Bonchev–Trinajstić information content (AvgIpc) is 2.53. The molecule has 1 aromatic heterocycles. The molecule has 3 heteroatoms. The average molecular weight is 277 g/mol. The number of para-hydroxylation sites is 1. The minimum absolute atomic E-state index is 0.387. The van der Waals surface area contributed by atoms with Crippen LogP contribution >= 0.6 is 0 Å². The summed E-state index contributed by atoms with van der Waals surface area (Å²) in [5, 5.41) is 1.08. The number of carbonyl (C=O) groups excluding carboxylic acids is 1. The van der Waals surface area contributed by atoms with Crippen LogP contribution in [0.25, 0.3) is 10.9 Å². The number of pyridine rings is 1. The lowest BCUT2D eigenvalue weighted by Crippen LogP contribution is -2.00. The molecule has 0 atom stereocenters. The van der Waals surface area contributed by atoms with Crippen molar-refractivity contribution in [1.29, 1.82) is 0 Å². The highest BCUT2D eigenvalue weighted by atomic mass is 16.5. The Bertz CT molecular complexity index is 791. The van der Waals surface area contributed by atoms with E-state index in [2.05, 4.69) is 4.98 Å². The zero-order valence-corrected chi connectivity index (χ0v) is 11.7. The summed E-state index contributed by atoms with van der Waals surface area (Å²) in [5.74, 6) is 0.600. The molecule has 0 amide bonds. The van der Waals surface area contributed by atoms with Crippen LogP contribution in [-0.4, -0.2) is 11.3 Å². The Labute approximate surface area is 123 Å². The lowest BCUT2D eigenvalue weighted by Gasteiger charge is -2.10. The van der Waals surface area contributed by atoms with Crippen LogP contribution in [0.3, 0.4) is 0 Å². The van der Waals surface area contributed by atoms with Gasteiger partial charge in [0, 0.05) is 17.1 Å². The van der Waals surface area contributed by atoms with E-state index in [1.165, 1.54) is 0 Å². The highest BCUT2D eigenvalue weighted by molar-refractivity contribution is 5.82. The van der Waals surface area contributed by atoms with Crippen molar-refractivity contribution in [3.05, 3.63) is 71.4 Å². The second-order valence-corrected chi connectivity index (χ2v) is 4.94. The lowest BCUT2D eigenvalue weighted by molar-refractivity contribution is 0.111. The van der Waals surface area contributed by atoms with E-state index in [-0.39, 0.29) is 0 Å². The summed E-state index contributed by atoms with van der Waals surface area (Å²) in [4.78, 5) is 15.5. The van der Waals surface area contributed by atoms with E-state index in [9.17, 15) is 4.79 Å². The summed E-state index contributed by atoms with van der Waals surface area (Å²) in [6, 6.07) is 15.5. The van der Waals surface area contributed by atoms with Gasteiger partial charge in [0.2, 0.25) is 0 Å². The highest BCUT2D eigenvalue weighted by Gasteiger charge is 2.06. The number of aromatic nitrogens is 1. The number of aldehydes is 1. The van der Waals surface area contributed by atoms with Crippen molar-refractivity contribution >= 4 is 17.2 Å². The van der Waals surface area contributed by atoms with Crippen LogP contribution in [0, 0.1) is 6.92 Å². The summed E-state index contributed by atoms with van der Waals surface area (Å²) in [6.07, 6.45) is 2.60. The highest BCUT2D eigenvalue weighted by Crippen LogP contribution is 2.22. The summed E-state index contributed by atoms with van der Waals surface area (Å²) < 4.78 is 5.81. The van der Waals surface area contributed by atoms with Gasteiger partial charge in [-0.25, -0.2) is 0 Å². The maximum atomic E-state index is 11.1. The van der Waals surface area contributed by atoms with Gasteiger partial charge in [0.1, 0.15) is 12.4 Å². The molecule has 3 nitrogen and oxygen atoms in total. The van der Waals surface area contributed by atoms with Crippen LogP contribution in [0.4, 0.5) is 0 Å². The van der Waals surface area contributed by atoms with Gasteiger partial charge in [0.25, 0.3) is 0 Å².